The summed E-state index contributed by atoms with van der Waals surface area (Å²) in [5.74, 6) is 2.28. The molecule has 1 atom stereocenters. The molecule has 0 radical (unpaired) electrons. The number of allylic oxidation sites excluding steroid dienone is 2. The topological polar surface area (TPSA) is 73.0 Å². The summed E-state index contributed by atoms with van der Waals surface area (Å²) in [6, 6.07) is 3.30. The van der Waals surface area contributed by atoms with E-state index in [-0.39, 0.29) is 11.8 Å². The van der Waals surface area contributed by atoms with E-state index in [1.807, 2.05) is 19.1 Å². The quantitative estimate of drug-likeness (QED) is 0.853. The molecule has 0 spiro atoms. The van der Waals surface area contributed by atoms with Crippen LogP contribution in [0.5, 0.6) is 0 Å². The molecule has 0 fully saturated rings. The number of hydrogen-bond donors (Lipinski definition) is 1. The van der Waals surface area contributed by atoms with Gasteiger partial charge in [-0.25, -0.2) is 4.68 Å². The van der Waals surface area contributed by atoms with Crippen molar-refractivity contribution >= 4 is 23.5 Å². The number of furan rings is 1. The van der Waals surface area contributed by atoms with Gasteiger partial charge in [-0.3, -0.25) is 4.79 Å². The van der Waals surface area contributed by atoms with Crippen LogP contribution in [-0.4, -0.2) is 26.3 Å². The maximum absolute atomic E-state index is 12.1. The summed E-state index contributed by atoms with van der Waals surface area (Å²) in [4.78, 5) is 16.6. The highest BCUT2D eigenvalue weighted by Gasteiger charge is 2.34. The summed E-state index contributed by atoms with van der Waals surface area (Å²) in [5, 5.41) is 8.43. The number of carbonyl (C=O) groups excluding carboxylic acids is 1. The molecule has 1 N–H and O–H groups in total. The first kappa shape index (κ1) is 14.9. The number of nitrogens with one attached hydrogen (secondary N) is 1. The van der Waals surface area contributed by atoms with E-state index in [0.29, 0.717) is 22.4 Å². The highest BCUT2D eigenvalue weighted by molar-refractivity contribution is 7.99. The van der Waals surface area contributed by atoms with Crippen molar-refractivity contribution in [2.75, 3.05) is 11.1 Å². The van der Waals surface area contributed by atoms with Gasteiger partial charge in [0, 0.05) is 17.0 Å². The first-order valence-corrected chi connectivity index (χ1v) is 8.21. The number of nitrogens with zero attached hydrogens (tertiary/aromatic N) is 3. The van der Waals surface area contributed by atoms with Gasteiger partial charge in [0.1, 0.15) is 11.8 Å². The molecule has 3 heterocycles. The van der Waals surface area contributed by atoms with Crippen molar-refractivity contribution in [3.8, 4) is 0 Å². The van der Waals surface area contributed by atoms with Crippen molar-refractivity contribution in [1.82, 2.24) is 14.8 Å². The Morgan fingerprint density at radius 2 is 2.36 bits per heavy atom. The minimum Gasteiger partial charge on any atom is -0.467 e. The van der Waals surface area contributed by atoms with Crippen molar-refractivity contribution < 1.29 is 9.21 Å². The molecular weight excluding hydrogens is 300 g/mol. The van der Waals surface area contributed by atoms with E-state index in [0.717, 1.165) is 17.9 Å². The zero-order valence-electron chi connectivity index (χ0n) is 12.8. The molecule has 0 aliphatic carbocycles. The number of carbonyl (C=O) groups is 1. The fourth-order valence-corrected chi connectivity index (χ4v) is 3.24. The number of aromatic nitrogens is 3. The molecule has 1 aliphatic heterocycles. The first-order valence-electron chi connectivity index (χ1n) is 7.23. The molecule has 0 amide bonds. The standard InChI is InChI=1S/C15H18N4O2S/c1-4-8-22-15-17-14-16-9(2)12(10(3)20)13(19(14)18-15)11-6-5-7-21-11/h5-7,13H,4,8H2,1-3H3,(H,16,17,18). The van der Waals surface area contributed by atoms with Crippen LogP contribution in [0.1, 0.15) is 39.0 Å². The molecule has 2 aromatic rings. The number of thioether (sulfide) groups is 1. The summed E-state index contributed by atoms with van der Waals surface area (Å²) in [7, 11) is 0. The average Bonchev–Trinajstić information content (AvgIpc) is 3.12. The molecule has 0 bridgehead atoms. The maximum atomic E-state index is 12.1. The zero-order valence-corrected chi connectivity index (χ0v) is 13.6. The highest BCUT2D eigenvalue weighted by Crippen LogP contribution is 2.36. The summed E-state index contributed by atoms with van der Waals surface area (Å²) in [6.45, 7) is 5.56. The van der Waals surface area contributed by atoms with Crippen LogP contribution in [0.25, 0.3) is 0 Å². The second kappa shape index (κ2) is 6.00. The number of ketones is 1. The molecule has 116 valence electrons. The Kier molecular flexibility index (Phi) is 4.06. The molecule has 1 unspecified atom stereocenters. The average molecular weight is 318 g/mol. The third-order valence-corrected chi connectivity index (χ3v) is 4.50. The Bertz CT molecular complexity index is 718. The Labute approximate surface area is 133 Å². The second-order valence-electron chi connectivity index (χ2n) is 5.15. The van der Waals surface area contributed by atoms with Crippen LogP contribution < -0.4 is 5.32 Å². The molecule has 0 saturated heterocycles. The van der Waals surface area contributed by atoms with Crippen LogP contribution in [0.3, 0.4) is 0 Å². The molecule has 2 aromatic heterocycles. The Morgan fingerprint density at radius 1 is 1.55 bits per heavy atom. The number of fused-ring (bicyclic) bond motifs is 1. The second-order valence-corrected chi connectivity index (χ2v) is 6.21. The summed E-state index contributed by atoms with van der Waals surface area (Å²) >= 11 is 1.61. The highest BCUT2D eigenvalue weighted by atomic mass is 32.2. The number of anilines is 1. The lowest BCUT2D eigenvalue weighted by atomic mass is 9.98. The number of hydrogen-bond acceptors (Lipinski definition) is 6. The monoisotopic (exact) mass is 318 g/mol. The Balaban J connectivity index is 2.07. The molecule has 7 heteroatoms. The van der Waals surface area contributed by atoms with Gasteiger partial charge in [0.2, 0.25) is 11.1 Å². The predicted octanol–water partition coefficient (Wildman–Crippen LogP) is 3.25. The van der Waals surface area contributed by atoms with Crippen molar-refractivity contribution in [3.05, 3.63) is 35.4 Å². The van der Waals surface area contributed by atoms with Crippen LogP contribution in [0.4, 0.5) is 5.95 Å². The minimum absolute atomic E-state index is 0.00434. The van der Waals surface area contributed by atoms with Crippen LogP contribution >= 0.6 is 11.8 Å². The van der Waals surface area contributed by atoms with E-state index in [1.165, 1.54) is 0 Å². The molecule has 22 heavy (non-hydrogen) atoms. The Hall–Kier alpha value is -2.02. The molecule has 0 saturated carbocycles. The molecule has 0 aromatic carbocycles. The lowest BCUT2D eigenvalue weighted by Crippen LogP contribution is -2.27. The molecule has 6 nitrogen and oxygen atoms in total. The largest absolute Gasteiger partial charge is 0.467 e. The van der Waals surface area contributed by atoms with Gasteiger partial charge in [-0.2, -0.15) is 4.98 Å². The van der Waals surface area contributed by atoms with Gasteiger partial charge in [0.25, 0.3) is 0 Å². The maximum Gasteiger partial charge on any atom is 0.227 e. The fraction of sp³-hybridized carbons (Fsp3) is 0.400. The Morgan fingerprint density at radius 3 is 3.00 bits per heavy atom. The predicted molar refractivity (Wildman–Crippen MR) is 84.9 cm³/mol. The summed E-state index contributed by atoms with van der Waals surface area (Å²) in [6.07, 6.45) is 2.66. The van der Waals surface area contributed by atoms with Gasteiger partial charge >= 0.3 is 0 Å². The zero-order chi connectivity index (χ0) is 15.7. The van der Waals surface area contributed by atoms with E-state index in [9.17, 15) is 4.79 Å². The van der Waals surface area contributed by atoms with E-state index in [1.54, 1.807) is 29.6 Å². The number of Topliss-reactive ketones (excluding diaryl/α,β-unsaturated/α-hetero) is 1. The summed E-state index contributed by atoms with van der Waals surface area (Å²) < 4.78 is 7.28. The van der Waals surface area contributed by atoms with Gasteiger partial charge in [-0.05, 0) is 32.4 Å². The van der Waals surface area contributed by atoms with Crippen LogP contribution in [0, 0.1) is 0 Å². The van der Waals surface area contributed by atoms with E-state index in [2.05, 4.69) is 22.3 Å². The van der Waals surface area contributed by atoms with E-state index in [4.69, 9.17) is 4.42 Å². The molecule has 3 rings (SSSR count). The van der Waals surface area contributed by atoms with Crippen LogP contribution in [0.2, 0.25) is 0 Å². The van der Waals surface area contributed by atoms with E-state index >= 15 is 0 Å². The van der Waals surface area contributed by atoms with Crippen LogP contribution in [0.15, 0.2) is 39.2 Å². The lowest BCUT2D eigenvalue weighted by Gasteiger charge is -2.26. The van der Waals surface area contributed by atoms with Gasteiger partial charge in [0.15, 0.2) is 5.78 Å². The van der Waals surface area contributed by atoms with Gasteiger partial charge < -0.3 is 9.73 Å². The normalized spacial score (nSPS) is 17.3. The van der Waals surface area contributed by atoms with Crippen molar-refractivity contribution in [3.63, 3.8) is 0 Å². The van der Waals surface area contributed by atoms with Crippen molar-refractivity contribution in [1.29, 1.82) is 0 Å². The van der Waals surface area contributed by atoms with Gasteiger partial charge in [0.05, 0.1) is 6.26 Å². The summed E-state index contributed by atoms with van der Waals surface area (Å²) in [5.41, 5.74) is 1.44. The minimum atomic E-state index is -0.368. The van der Waals surface area contributed by atoms with Crippen molar-refractivity contribution in [2.45, 2.75) is 38.4 Å². The van der Waals surface area contributed by atoms with Crippen molar-refractivity contribution in [2.24, 2.45) is 0 Å². The smallest absolute Gasteiger partial charge is 0.227 e. The van der Waals surface area contributed by atoms with E-state index < -0.39 is 0 Å². The first-order chi connectivity index (χ1) is 10.6. The SMILES string of the molecule is CCCSc1nc2n(n1)C(c1ccco1)C(C(C)=O)=C(C)N2. The molecule has 1 aliphatic rings. The third kappa shape index (κ3) is 2.56. The third-order valence-electron chi connectivity index (χ3n) is 3.46. The van der Waals surface area contributed by atoms with Crippen LogP contribution in [-0.2, 0) is 4.79 Å². The lowest BCUT2D eigenvalue weighted by molar-refractivity contribution is -0.114. The van der Waals surface area contributed by atoms with Gasteiger partial charge in [-0.15, -0.1) is 5.10 Å². The molecular formula is C15H18N4O2S. The van der Waals surface area contributed by atoms with Gasteiger partial charge in [-0.1, -0.05) is 18.7 Å². The number of rotatable bonds is 5. The fourth-order valence-electron chi connectivity index (χ4n) is 2.55.